The van der Waals surface area contributed by atoms with Gasteiger partial charge in [-0.25, -0.2) is 4.98 Å². The van der Waals surface area contributed by atoms with Crippen molar-refractivity contribution in [3.8, 4) is 5.75 Å². The Bertz CT molecular complexity index is 502. The van der Waals surface area contributed by atoms with Gasteiger partial charge in [0.1, 0.15) is 5.75 Å². The van der Waals surface area contributed by atoms with Gasteiger partial charge >= 0.3 is 0 Å². The summed E-state index contributed by atoms with van der Waals surface area (Å²) in [6, 6.07) is 14.6. The minimum atomic E-state index is 0.303. The van der Waals surface area contributed by atoms with E-state index < -0.39 is 0 Å². The molecule has 1 aromatic carbocycles. The van der Waals surface area contributed by atoms with Crippen molar-refractivity contribution in [2.75, 3.05) is 19.4 Å². The summed E-state index contributed by atoms with van der Waals surface area (Å²) in [5.74, 6) is 1.87. The Kier molecular flexibility index (Phi) is 5.89. The van der Waals surface area contributed by atoms with Crippen LogP contribution in [-0.4, -0.2) is 24.4 Å². The molecule has 0 amide bonds. The summed E-state index contributed by atoms with van der Waals surface area (Å²) in [4.78, 5) is 4.33. The SMILES string of the molecule is CCOc1ccc(C(CSc2ccccn2)NC)cc1. The van der Waals surface area contributed by atoms with Crippen LogP contribution >= 0.6 is 11.8 Å². The number of thioether (sulfide) groups is 1. The maximum absolute atomic E-state index is 5.47. The van der Waals surface area contributed by atoms with E-state index >= 15 is 0 Å². The van der Waals surface area contributed by atoms with Gasteiger partial charge < -0.3 is 10.1 Å². The highest BCUT2D eigenvalue weighted by Crippen LogP contribution is 2.24. The molecule has 1 unspecified atom stereocenters. The molecule has 4 heteroatoms. The normalized spacial score (nSPS) is 12.1. The van der Waals surface area contributed by atoms with Crippen LogP contribution in [0.15, 0.2) is 53.7 Å². The molecule has 0 aliphatic heterocycles. The minimum absolute atomic E-state index is 0.303. The molecule has 1 atom stereocenters. The van der Waals surface area contributed by atoms with Crippen LogP contribution in [0.5, 0.6) is 5.75 Å². The van der Waals surface area contributed by atoms with Crippen LogP contribution in [0.2, 0.25) is 0 Å². The molecule has 106 valence electrons. The van der Waals surface area contributed by atoms with Crippen molar-refractivity contribution < 1.29 is 4.74 Å². The number of hydrogen-bond acceptors (Lipinski definition) is 4. The number of nitrogens with one attached hydrogen (secondary N) is 1. The predicted molar refractivity (Wildman–Crippen MR) is 84.4 cm³/mol. The average Bonchev–Trinajstić information content (AvgIpc) is 2.51. The Labute approximate surface area is 124 Å². The fourth-order valence-corrected chi connectivity index (χ4v) is 2.92. The van der Waals surface area contributed by atoms with Crippen LogP contribution in [0, 0.1) is 0 Å². The summed E-state index contributed by atoms with van der Waals surface area (Å²) < 4.78 is 5.47. The number of hydrogen-bond donors (Lipinski definition) is 1. The Hall–Kier alpha value is -1.52. The molecular formula is C16H20N2OS. The zero-order valence-corrected chi connectivity index (χ0v) is 12.7. The molecule has 0 saturated carbocycles. The molecule has 0 bridgehead atoms. The summed E-state index contributed by atoms with van der Waals surface area (Å²) in [5.41, 5.74) is 1.26. The zero-order valence-electron chi connectivity index (χ0n) is 11.9. The molecule has 0 aliphatic rings. The van der Waals surface area contributed by atoms with Gasteiger partial charge in [0.2, 0.25) is 0 Å². The second-order valence-electron chi connectivity index (χ2n) is 4.32. The van der Waals surface area contributed by atoms with Gasteiger partial charge in [-0.15, -0.1) is 11.8 Å². The van der Waals surface area contributed by atoms with Gasteiger partial charge in [0.05, 0.1) is 11.6 Å². The number of rotatable bonds is 7. The summed E-state index contributed by atoms with van der Waals surface area (Å²) in [7, 11) is 1.99. The lowest BCUT2D eigenvalue weighted by molar-refractivity contribution is 0.340. The summed E-state index contributed by atoms with van der Waals surface area (Å²) in [6.07, 6.45) is 1.83. The maximum Gasteiger partial charge on any atom is 0.119 e. The molecule has 0 saturated heterocycles. The van der Waals surface area contributed by atoms with E-state index in [1.165, 1.54) is 5.56 Å². The van der Waals surface area contributed by atoms with E-state index in [0.29, 0.717) is 12.6 Å². The fourth-order valence-electron chi connectivity index (χ4n) is 1.91. The lowest BCUT2D eigenvalue weighted by Crippen LogP contribution is -2.18. The van der Waals surface area contributed by atoms with Gasteiger partial charge in [-0.3, -0.25) is 0 Å². The lowest BCUT2D eigenvalue weighted by Gasteiger charge is -2.16. The molecule has 1 aromatic heterocycles. The van der Waals surface area contributed by atoms with E-state index in [0.717, 1.165) is 16.5 Å². The molecule has 0 aliphatic carbocycles. The van der Waals surface area contributed by atoms with E-state index in [-0.39, 0.29) is 0 Å². The van der Waals surface area contributed by atoms with E-state index in [2.05, 4.69) is 22.4 Å². The number of benzene rings is 1. The van der Waals surface area contributed by atoms with Gasteiger partial charge in [0.25, 0.3) is 0 Å². The standard InChI is InChI=1S/C16H20N2OS/c1-3-19-14-9-7-13(8-10-14)15(17-2)12-20-16-6-4-5-11-18-16/h4-11,15,17H,3,12H2,1-2H3. The highest BCUT2D eigenvalue weighted by atomic mass is 32.2. The van der Waals surface area contributed by atoms with Crippen molar-refractivity contribution in [2.24, 2.45) is 0 Å². The first-order valence-corrected chi connectivity index (χ1v) is 7.76. The molecular weight excluding hydrogens is 268 g/mol. The molecule has 0 spiro atoms. The number of ether oxygens (including phenoxy) is 1. The number of aromatic nitrogens is 1. The molecule has 3 nitrogen and oxygen atoms in total. The smallest absolute Gasteiger partial charge is 0.119 e. The van der Waals surface area contributed by atoms with Crippen molar-refractivity contribution in [3.63, 3.8) is 0 Å². The maximum atomic E-state index is 5.47. The molecule has 2 aromatic rings. The Balaban J connectivity index is 1.97. The highest BCUT2D eigenvalue weighted by Gasteiger charge is 2.10. The molecule has 20 heavy (non-hydrogen) atoms. The van der Waals surface area contributed by atoms with Crippen LogP contribution in [0.4, 0.5) is 0 Å². The van der Waals surface area contributed by atoms with E-state index in [1.807, 2.05) is 50.5 Å². The van der Waals surface area contributed by atoms with Gasteiger partial charge in [-0.2, -0.15) is 0 Å². The van der Waals surface area contributed by atoms with Gasteiger partial charge in [0, 0.05) is 18.0 Å². The van der Waals surface area contributed by atoms with Crippen molar-refractivity contribution >= 4 is 11.8 Å². The molecule has 0 radical (unpaired) electrons. The summed E-state index contributed by atoms with van der Waals surface area (Å²) in [6.45, 7) is 2.69. The first-order valence-electron chi connectivity index (χ1n) is 6.77. The van der Waals surface area contributed by atoms with E-state index in [9.17, 15) is 0 Å². The van der Waals surface area contributed by atoms with Crippen LogP contribution in [-0.2, 0) is 0 Å². The van der Waals surface area contributed by atoms with Crippen molar-refractivity contribution in [3.05, 3.63) is 54.2 Å². The molecule has 1 heterocycles. The van der Waals surface area contributed by atoms with Crippen LogP contribution in [0.25, 0.3) is 0 Å². The quantitative estimate of drug-likeness (QED) is 0.790. The average molecular weight is 288 g/mol. The van der Waals surface area contributed by atoms with E-state index in [1.54, 1.807) is 11.8 Å². The van der Waals surface area contributed by atoms with E-state index in [4.69, 9.17) is 4.74 Å². The van der Waals surface area contributed by atoms with Crippen molar-refractivity contribution in [1.82, 2.24) is 10.3 Å². The Morgan fingerprint density at radius 2 is 2.00 bits per heavy atom. The second kappa shape index (κ2) is 7.92. The third kappa shape index (κ3) is 4.25. The van der Waals surface area contributed by atoms with Crippen LogP contribution < -0.4 is 10.1 Å². The first kappa shape index (κ1) is 14.9. The monoisotopic (exact) mass is 288 g/mol. The molecule has 0 fully saturated rings. The molecule has 1 N–H and O–H groups in total. The number of nitrogens with zero attached hydrogens (tertiary/aromatic N) is 1. The fraction of sp³-hybridized carbons (Fsp3) is 0.312. The van der Waals surface area contributed by atoms with Crippen molar-refractivity contribution in [2.45, 2.75) is 18.0 Å². The largest absolute Gasteiger partial charge is 0.494 e. The zero-order chi connectivity index (χ0) is 14.2. The third-order valence-corrected chi connectivity index (χ3v) is 4.01. The summed E-state index contributed by atoms with van der Waals surface area (Å²) in [5, 5.41) is 4.40. The third-order valence-electron chi connectivity index (χ3n) is 2.98. The minimum Gasteiger partial charge on any atom is -0.494 e. The van der Waals surface area contributed by atoms with Crippen LogP contribution in [0.3, 0.4) is 0 Å². The highest BCUT2D eigenvalue weighted by molar-refractivity contribution is 7.99. The summed E-state index contributed by atoms with van der Waals surface area (Å²) >= 11 is 1.76. The Morgan fingerprint density at radius 3 is 2.60 bits per heavy atom. The lowest BCUT2D eigenvalue weighted by atomic mass is 10.1. The number of pyridine rings is 1. The first-order chi connectivity index (χ1) is 9.83. The topological polar surface area (TPSA) is 34.1 Å². The Morgan fingerprint density at radius 1 is 1.20 bits per heavy atom. The van der Waals surface area contributed by atoms with Gasteiger partial charge in [0.15, 0.2) is 0 Å². The molecule has 2 rings (SSSR count). The van der Waals surface area contributed by atoms with Crippen LogP contribution in [0.1, 0.15) is 18.5 Å². The van der Waals surface area contributed by atoms with Gasteiger partial charge in [-0.05, 0) is 43.8 Å². The van der Waals surface area contributed by atoms with Crippen molar-refractivity contribution in [1.29, 1.82) is 0 Å². The predicted octanol–water partition coefficient (Wildman–Crippen LogP) is 3.53. The second-order valence-corrected chi connectivity index (χ2v) is 5.36. The van der Waals surface area contributed by atoms with Gasteiger partial charge in [-0.1, -0.05) is 18.2 Å².